The van der Waals surface area contributed by atoms with E-state index in [4.69, 9.17) is 4.74 Å². The zero-order valence-electron chi connectivity index (χ0n) is 12.7. The van der Waals surface area contributed by atoms with Crippen LogP contribution in [0, 0.1) is 0 Å². The predicted octanol–water partition coefficient (Wildman–Crippen LogP) is 4.96. The molecule has 1 aliphatic rings. The lowest BCUT2D eigenvalue weighted by Gasteiger charge is -2.23. The van der Waals surface area contributed by atoms with Crippen LogP contribution in [-0.2, 0) is 15.7 Å². The summed E-state index contributed by atoms with van der Waals surface area (Å²) in [5, 5.41) is 9.17. The molecule has 0 bridgehead atoms. The van der Waals surface area contributed by atoms with Crippen LogP contribution in [0.4, 0.5) is 30.7 Å². The molecule has 26 heavy (non-hydrogen) atoms. The number of halogens is 7. The van der Waals surface area contributed by atoms with Gasteiger partial charge in [0.25, 0.3) is 0 Å². The summed E-state index contributed by atoms with van der Waals surface area (Å²) in [5.74, 6) is -2.69. The summed E-state index contributed by atoms with van der Waals surface area (Å²) in [6, 6.07) is 3.08. The Morgan fingerprint density at radius 1 is 1.15 bits per heavy atom. The van der Waals surface area contributed by atoms with Gasteiger partial charge in [-0.25, -0.2) is 9.18 Å². The average molecular weight is 384 g/mol. The zero-order chi connectivity index (χ0) is 19.7. The predicted molar refractivity (Wildman–Crippen MR) is 74.6 cm³/mol. The normalized spacial score (nSPS) is 19.4. The molecule has 0 aromatic heterocycles. The number of allylic oxidation sites excluding steroid dienone is 4. The second kappa shape index (κ2) is 7.00. The van der Waals surface area contributed by atoms with Gasteiger partial charge in [-0.05, 0) is 18.2 Å². The Morgan fingerprint density at radius 2 is 1.81 bits per heavy atom. The molecule has 0 saturated heterocycles. The first-order valence-electron chi connectivity index (χ1n) is 7.09. The monoisotopic (exact) mass is 384 g/mol. The molecule has 0 heterocycles. The lowest BCUT2D eigenvalue weighted by molar-refractivity contribution is -0.149. The van der Waals surface area contributed by atoms with E-state index in [1.165, 1.54) is 0 Å². The van der Waals surface area contributed by atoms with Gasteiger partial charge in [0.2, 0.25) is 6.10 Å². The minimum atomic E-state index is -4.80. The molecule has 2 unspecified atom stereocenters. The van der Waals surface area contributed by atoms with E-state index in [1.807, 2.05) is 0 Å². The van der Waals surface area contributed by atoms with Crippen molar-refractivity contribution < 1.29 is 45.4 Å². The lowest BCUT2D eigenvalue weighted by atomic mass is 10.0. The van der Waals surface area contributed by atoms with Crippen LogP contribution in [0.25, 0.3) is 0 Å². The van der Waals surface area contributed by atoms with Crippen molar-refractivity contribution in [3.63, 3.8) is 0 Å². The highest BCUT2D eigenvalue weighted by Gasteiger charge is 2.37. The summed E-state index contributed by atoms with van der Waals surface area (Å²) in [4.78, 5) is 11.3. The number of hydrogen-bond acceptors (Lipinski definition) is 2. The van der Waals surface area contributed by atoms with E-state index in [0.29, 0.717) is 24.3 Å². The van der Waals surface area contributed by atoms with Gasteiger partial charge in [0.05, 0.1) is 11.1 Å². The molecule has 0 saturated carbocycles. The first-order chi connectivity index (χ1) is 11.9. The standard InChI is InChI=1S/C16H11F7O3/c17-11-5-4-10(16(21,22)23)7-12(11)26-13(14(24)25)8-2-1-3-9(6-8)15(18,19)20/h1-4,6-7,11,13H,5H2,(H,24,25). The number of benzene rings is 1. The van der Waals surface area contributed by atoms with Crippen LogP contribution >= 0.6 is 0 Å². The Labute approximate surface area is 142 Å². The molecule has 0 fully saturated rings. The van der Waals surface area contributed by atoms with Crippen molar-refractivity contribution in [1.82, 2.24) is 0 Å². The molecule has 0 radical (unpaired) electrons. The van der Waals surface area contributed by atoms with E-state index < -0.39 is 59.5 Å². The number of carbonyl (C=O) groups is 1. The van der Waals surface area contributed by atoms with E-state index in [0.717, 1.165) is 12.1 Å². The number of rotatable bonds is 4. The molecule has 1 aliphatic carbocycles. The molecule has 2 atom stereocenters. The number of aliphatic carboxylic acids is 1. The third kappa shape index (κ3) is 4.55. The van der Waals surface area contributed by atoms with Crippen molar-refractivity contribution in [1.29, 1.82) is 0 Å². The van der Waals surface area contributed by atoms with E-state index in [1.54, 1.807) is 0 Å². The van der Waals surface area contributed by atoms with Crippen LogP contribution in [0.5, 0.6) is 0 Å². The van der Waals surface area contributed by atoms with Crippen molar-refractivity contribution in [3.05, 3.63) is 58.9 Å². The Morgan fingerprint density at radius 3 is 2.35 bits per heavy atom. The van der Waals surface area contributed by atoms with Crippen LogP contribution in [0.2, 0.25) is 0 Å². The molecule has 10 heteroatoms. The number of ether oxygens (including phenoxy) is 1. The Bertz CT molecular complexity index is 747. The first kappa shape index (κ1) is 19.8. The molecular formula is C16H11F7O3. The van der Waals surface area contributed by atoms with Gasteiger partial charge in [-0.3, -0.25) is 0 Å². The van der Waals surface area contributed by atoms with Gasteiger partial charge in [0, 0.05) is 12.0 Å². The second-order valence-corrected chi connectivity index (χ2v) is 5.37. The smallest absolute Gasteiger partial charge is 0.416 e. The van der Waals surface area contributed by atoms with Crippen LogP contribution in [0.1, 0.15) is 23.7 Å². The maximum absolute atomic E-state index is 13.8. The Hall–Kier alpha value is -2.52. The van der Waals surface area contributed by atoms with Crippen molar-refractivity contribution in [2.75, 3.05) is 0 Å². The van der Waals surface area contributed by atoms with Crippen LogP contribution in [0.3, 0.4) is 0 Å². The van der Waals surface area contributed by atoms with Crippen molar-refractivity contribution in [3.8, 4) is 0 Å². The maximum atomic E-state index is 13.8. The third-order valence-electron chi connectivity index (χ3n) is 3.47. The zero-order valence-corrected chi connectivity index (χ0v) is 12.7. The largest absolute Gasteiger partial charge is 0.478 e. The first-order valence-corrected chi connectivity index (χ1v) is 7.09. The van der Waals surface area contributed by atoms with Crippen LogP contribution in [-0.4, -0.2) is 23.4 Å². The second-order valence-electron chi connectivity index (χ2n) is 5.37. The SMILES string of the molecule is O=C(O)C(OC1=CC(C(F)(F)F)=CCC1F)c1cccc(C(F)(F)F)c1. The van der Waals surface area contributed by atoms with Crippen LogP contribution < -0.4 is 0 Å². The summed E-state index contributed by atoms with van der Waals surface area (Å²) in [6.07, 6.45) is -13.5. The fraction of sp³-hybridized carbons (Fsp3) is 0.312. The van der Waals surface area contributed by atoms with E-state index in [9.17, 15) is 40.6 Å². The topological polar surface area (TPSA) is 46.5 Å². The van der Waals surface area contributed by atoms with Gasteiger partial charge < -0.3 is 9.84 Å². The average Bonchev–Trinajstić information content (AvgIpc) is 2.52. The third-order valence-corrected chi connectivity index (χ3v) is 3.47. The molecular weight excluding hydrogens is 373 g/mol. The van der Waals surface area contributed by atoms with Crippen LogP contribution in [0.15, 0.2) is 47.7 Å². The highest BCUT2D eigenvalue weighted by molar-refractivity contribution is 5.74. The van der Waals surface area contributed by atoms with Gasteiger partial charge in [0.15, 0.2) is 6.17 Å². The number of hydrogen-bond donors (Lipinski definition) is 1. The molecule has 1 aromatic carbocycles. The van der Waals surface area contributed by atoms with E-state index in [2.05, 4.69) is 0 Å². The molecule has 142 valence electrons. The van der Waals surface area contributed by atoms with Gasteiger partial charge in [-0.2, -0.15) is 26.3 Å². The fourth-order valence-electron chi connectivity index (χ4n) is 2.23. The molecule has 0 spiro atoms. The Balaban J connectivity index is 2.36. The highest BCUT2D eigenvalue weighted by atomic mass is 19.4. The molecule has 0 amide bonds. The van der Waals surface area contributed by atoms with Gasteiger partial charge >= 0.3 is 18.3 Å². The molecule has 0 aliphatic heterocycles. The molecule has 2 rings (SSSR count). The summed E-state index contributed by atoms with van der Waals surface area (Å²) in [7, 11) is 0. The minimum Gasteiger partial charge on any atom is -0.478 e. The molecule has 1 aromatic rings. The molecule has 1 N–H and O–H groups in total. The highest BCUT2D eigenvalue weighted by Crippen LogP contribution is 2.36. The van der Waals surface area contributed by atoms with E-state index >= 15 is 0 Å². The van der Waals surface area contributed by atoms with Crippen molar-refractivity contribution in [2.45, 2.75) is 31.0 Å². The Kier molecular flexibility index (Phi) is 5.33. The lowest BCUT2D eigenvalue weighted by Crippen LogP contribution is -2.23. The summed E-state index contributed by atoms with van der Waals surface area (Å²) in [6.45, 7) is 0. The summed E-state index contributed by atoms with van der Waals surface area (Å²) < 4.78 is 95.0. The van der Waals surface area contributed by atoms with Gasteiger partial charge in [-0.1, -0.05) is 18.2 Å². The summed E-state index contributed by atoms with van der Waals surface area (Å²) >= 11 is 0. The van der Waals surface area contributed by atoms with E-state index in [-0.39, 0.29) is 0 Å². The van der Waals surface area contributed by atoms with Gasteiger partial charge in [0.1, 0.15) is 5.76 Å². The number of carboxylic acid groups (broad SMARTS) is 1. The van der Waals surface area contributed by atoms with Gasteiger partial charge in [-0.15, -0.1) is 0 Å². The number of carboxylic acids is 1. The molecule has 3 nitrogen and oxygen atoms in total. The number of alkyl halides is 7. The fourth-order valence-corrected chi connectivity index (χ4v) is 2.23. The summed E-state index contributed by atoms with van der Waals surface area (Å²) in [5.41, 5.74) is -2.88. The van der Waals surface area contributed by atoms with Crippen molar-refractivity contribution >= 4 is 5.97 Å². The minimum absolute atomic E-state index is 0.303. The van der Waals surface area contributed by atoms with Crippen molar-refractivity contribution in [2.24, 2.45) is 0 Å². The quantitative estimate of drug-likeness (QED) is 0.747. The maximum Gasteiger partial charge on any atom is 0.416 e.